The van der Waals surface area contributed by atoms with Gasteiger partial charge in [-0.1, -0.05) is 35.4 Å². The van der Waals surface area contributed by atoms with E-state index in [1.165, 1.54) is 52.0 Å². The monoisotopic (exact) mass is 320 g/mol. The average molecular weight is 320 g/mol. The van der Waals surface area contributed by atoms with Crippen molar-refractivity contribution in [3.05, 3.63) is 57.6 Å². The molecule has 2 nitrogen and oxygen atoms in total. The molecule has 0 bridgehead atoms. The summed E-state index contributed by atoms with van der Waals surface area (Å²) >= 11 is 0. The maximum Gasteiger partial charge on any atom is 0.102 e. The smallest absolute Gasteiger partial charge is 0.102 e. The third-order valence-electron chi connectivity index (χ3n) is 5.71. The van der Waals surface area contributed by atoms with Crippen LogP contribution in [-0.2, 0) is 6.42 Å². The van der Waals surface area contributed by atoms with Crippen LogP contribution < -0.4 is 9.80 Å². The fourth-order valence-electron chi connectivity index (χ4n) is 5.07. The predicted octanol–water partition coefficient (Wildman–Crippen LogP) is 4.83. The maximum absolute atomic E-state index is 2.66. The van der Waals surface area contributed by atoms with Crippen LogP contribution in [0, 0.1) is 34.6 Å². The first-order valence-electron chi connectivity index (χ1n) is 9.17. The number of benzene rings is 2. The van der Waals surface area contributed by atoms with Gasteiger partial charge in [-0.15, -0.1) is 0 Å². The normalized spacial score (nSPS) is 19.5. The molecule has 2 aliphatic rings. The zero-order valence-corrected chi connectivity index (χ0v) is 15.6. The first-order chi connectivity index (χ1) is 11.5. The minimum atomic E-state index is 0.513. The van der Waals surface area contributed by atoms with E-state index in [2.05, 4.69) is 68.7 Å². The molecule has 0 aliphatic carbocycles. The van der Waals surface area contributed by atoms with Crippen LogP contribution in [-0.4, -0.2) is 19.3 Å². The van der Waals surface area contributed by atoms with Gasteiger partial charge in [-0.3, -0.25) is 0 Å². The van der Waals surface area contributed by atoms with Gasteiger partial charge in [-0.2, -0.15) is 0 Å². The van der Waals surface area contributed by atoms with Crippen LogP contribution in [0.4, 0.5) is 11.4 Å². The summed E-state index contributed by atoms with van der Waals surface area (Å²) in [5.41, 5.74) is 11.5. The van der Waals surface area contributed by atoms with Crippen molar-refractivity contribution in [1.29, 1.82) is 0 Å². The van der Waals surface area contributed by atoms with Gasteiger partial charge in [0, 0.05) is 24.5 Å². The molecule has 1 saturated heterocycles. The molecule has 0 saturated carbocycles. The molecule has 126 valence electrons. The number of hydrogen-bond acceptors (Lipinski definition) is 2. The van der Waals surface area contributed by atoms with Gasteiger partial charge in [-0.25, -0.2) is 0 Å². The second-order valence-corrected chi connectivity index (χ2v) is 7.74. The van der Waals surface area contributed by atoms with Crippen molar-refractivity contribution in [3.8, 4) is 0 Å². The zero-order chi connectivity index (χ0) is 17.0. The van der Waals surface area contributed by atoms with Gasteiger partial charge in [0.1, 0.15) is 6.17 Å². The number of nitrogens with zero attached hydrogens (tertiary/aromatic N) is 2. The van der Waals surface area contributed by atoms with Crippen LogP contribution in [0.25, 0.3) is 0 Å². The molecule has 1 unspecified atom stereocenters. The fraction of sp³-hybridized carbons (Fsp3) is 0.455. The minimum absolute atomic E-state index is 0.513. The average Bonchev–Trinajstić information content (AvgIpc) is 2.89. The summed E-state index contributed by atoms with van der Waals surface area (Å²) in [6.07, 6.45) is 2.93. The maximum atomic E-state index is 2.66. The van der Waals surface area contributed by atoms with Gasteiger partial charge in [0.15, 0.2) is 0 Å². The van der Waals surface area contributed by atoms with Crippen molar-refractivity contribution in [2.75, 3.05) is 22.9 Å². The molecule has 2 aromatic carbocycles. The number of fused-ring (bicyclic) bond motifs is 3. The van der Waals surface area contributed by atoms with E-state index in [0.29, 0.717) is 6.17 Å². The SMILES string of the molecule is Cc1cc(C)c(N2CCN3c4c(C)cc(C)cc4CCC23)c(C)c1. The van der Waals surface area contributed by atoms with Gasteiger partial charge >= 0.3 is 0 Å². The highest BCUT2D eigenvalue weighted by Gasteiger charge is 2.37. The largest absolute Gasteiger partial charge is 0.349 e. The summed E-state index contributed by atoms with van der Waals surface area (Å²) in [5, 5.41) is 0. The standard InChI is InChI=1S/C22H28N2/c1-14-10-16(3)21(17(4)11-14)23-8-9-24-20(23)7-6-19-13-15(2)12-18(5)22(19)24/h10-13,20H,6-9H2,1-5H3. The van der Waals surface area contributed by atoms with E-state index in [1.807, 2.05) is 0 Å². The Labute approximate surface area is 146 Å². The summed E-state index contributed by atoms with van der Waals surface area (Å²) in [7, 11) is 0. The van der Waals surface area contributed by atoms with Crippen LogP contribution >= 0.6 is 0 Å². The van der Waals surface area contributed by atoms with E-state index in [1.54, 1.807) is 5.56 Å². The van der Waals surface area contributed by atoms with Crippen molar-refractivity contribution in [2.24, 2.45) is 0 Å². The Morgan fingerprint density at radius 1 is 0.708 bits per heavy atom. The van der Waals surface area contributed by atoms with Crippen molar-refractivity contribution < 1.29 is 0 Å². The first kappa shape index (κ1) is 15.6. The Morgan fingerprint density at radius 2 is 1.21 bits per heavy atom. The quantitative estimate of drug-likeness (QED) is 0.743. The molecule has 24 heavy (non-hydrogen) atoms. The highest BCUT2D eigenvalue weighted by molar-refractivity contribution is 5.69. The molecule has 0 amide bonds. The van der Waals surface area contributed by atoms with Crippen LogP contribution in [0.1, 0.15) is 39.8 Å². The van der Waals surface area contributed by atoms with E-state index < -0.39 is 0 Å². The summed E-state index contributed by atoms with van der Waals surface area (Å²) in [5.74, 6) is 0. The van der Waals surface area contributed by atoms with Gasteiger partial charge in [0.25, 0.3) is 0 Å². The molecule has 2 heterocycles. The summed E-state index contributed by atoms with van der Waals surface area (Å²) in [6.45, 7) is 13.5. The molecule has 0 aromatic heterocycles. The summed E-state index contributed by atoms with van der Waals surface area (Å²) in [6, 6.07) is 9.39. The van der Waals surface area contributed by atoms with Crippen LogP contribution in [0.3, 0.4) is 0 Å². The number of aryl methyl sites for hydroxylation is 6. The molecule has 1 fully saturated rings. The van der Waals surface area contributed by atoms with E-state index >= 15 is 0 Å². The molecular weight excluding hydrogens is 292 g/mol. The van der Waals surface area contributed by atoms with Crippen molar-refractivity contribution in [1.82, 2.24) is 0 Å². The van der Waals surface area contributed by atoms with E-state index in [9.17, 15) is 0 Å². The Bertz CT molecular complexity index is 783. The summed E-state index contributed by atoms with van der Waals surface area (Å²) < 4.78 is 0. The highest BCUT2D eigenvalue weighted by atomic mass is 15.4. The molecule has 4 rings (SSSR count). The molecule has 0 radical (unpaired) electrons. The lowest BCUT2D eigenvalue weighted by Gasteiger charge is -2.39. The molecule has 0 spiro atoms. The Kier molecular flexibility index (Phi) is 3.59. The predicted molar refractivity (Wildman–Crippen MR) is 103 cm³/mol. The first-order valence-corrected chi connectivity index (χ1v) is 9.17. The second-order valence-electron chi connectivity index (χ2n) is 7.74. The highest BCUT2D eigenvalue weighted by Crippen LogP contribution is 2.41. The Balaban J connectivity index is 1.75. The zero-order valence-electron chi connectivity index (χ0n) is 15.6. The van der Waals surface area contributed by atoms with Crippen LogP contribution in [0.15, 0.2) is 24.3 Å². The van der Waals surface area contributed by atoms with Gasteiger partial charge < -0.3 is 9.80 Å². The lowest BCUT2D eigenvalue weighted by atomic mass is 9.94. The third kappa shape index (κ3) is 2.31. The van der Waals surface area contributed by atoms with Crippen molar-refractivity contribution in [3.63, 3.8) is 0 Å². The second kappa shape index (κ2) is 5.54. The summed E-state index contributed by atoms with van der Waals surface area (Å²) in [4.78, 5) is 5.32. The van der Waals surface area contributed by atoms with E-state index in [0.717, 1.165) is 13.1 Å². The number of rotatable bonds is 1. The van der Waals surface area contributed by atoms with Crippen molar-refractivity contribution >= 4 is 11.4 Å². The lowest BCUT2D eigenvalue weighted by Crippen LogP contribution is -2.43. The molecular formula is C22H28N2. The van der Waals surface area contributed by atoms with E-state index in [4.69, 9.17) is 0 Å². The molecule has 2 heteroatoms. The molecule has 1 atom stereocenters. The molecule has 0 N–H and O–H groups in total. The van der Waals surface area contributed by atoms with Crippen LogP contribution in [0.5, 0.6) is 0 Å². The number of anilines is 2. The van der Waals surface area contributed by atoms with Gasteiger partial charge in [0.2, 0.25) is 0 Å². The van der Waals surface area contributed by atoms with Crippen LogP contribution in [0.2, 0.25) is 0 Å². The van der Waals surface area contributed by atoms with E-state index in [-0.39, 0.29) is 0 Å². The van der Waals surface area contributed by atoms with Crippen molar-refractivity contribution in [2.45, 2.75) is 53.6 Å². The fourth-order valence-corrected chi connectivity index (χ4v) is 5.07. The Hall–Kier alpha value is -1.96. The minimum Gasteiger partial charge on any atom is -0.349 e. The lowest BCUT2D eigenvalue weighted by molar-refractivity contribution is 0.583. The third-order valence-corrected chi connectivity index (χ3v) is 5.71. The van der Waals surface area contributed by atoms with Gasteiger partial charge in [-0.05, 0) is 69.7 Å². The molecule has 2 aliphatic heterocycles. The molecule has 2 aromatic rings. The van der Waals surface area contributed by atoms with Gasteiger partial charge in [0.05, 0.1) is 0 Å². The topological polar surface area (TPSA) is 6.48 Å². The Morgan fingerprint density at radius 3 is 1.83 bits per heavy atom. The number of hydrogen-bond donors (Lipinski definition) is 0.